The highest BCUT2D eigenvalue weighted by atomic mass is 16.5. The minimum Gasteiger partial charge on any atom is -0.494 e. The Hall–Kier alpha value is -4.96. The maximum atomic E-state index is 13.5. The number of aromatic amines is 1. The number of aromatic hydroxyl groups is 1. The van der Waals surface area contributed by atoms with Gasteiger partial charge in [-0.1, -0.05) is 36.8 Å². The Labute approximate surface area is 267 Å². The Balaban J connectivity index is 1.26. The molecule has 3 aromatic carbocycles. The smallest absolute Gasteiger partial charge is 0.338 e. The SMILES string of the molecule is COC(=O)c1cc2[nH]c(O)c(C(=Nc3ccc(C(=O)N4CCC5(CC4)NCCCCCNC5=O)cc3)c3ccccc3)c2cc1C. The van der Waals surface area contributed by atoms with E-state index in [9.17, 15) is 19.5 Å². The van der Waals surface area contributed by atoms with Crippen molar-refractivity contribution in [1.29, 1.82) is 0 Å². The van der Waals surface area contributed by atoms with Crippen molar-refractivity contribution in [2.24, 2.45) is 4.99 Å². The molecule has 0 radical (unpaired) electrons. The van der Waals surface area contributed by atoms with Gasteiger partial charge in [-0.05, 0) is 81.1 Å². The number of carbonyl (C=O) groups excluding carboxylic acids is 3. The lowest BCUT2D eigenvalue weighted by Crippen LogP contribution is -2.62. The molecule has 4 aromatic rings. The lowest BCUT2D eigenvalue weighted by molar-refractivity contribution is -0.129. The summed E-state index contributed by atoms with van der Waals surface area (Å²) in [7, 11) is 1.34. The van der Waals surface area contributed by atoms with Crippen LogP contribution >= 0.6 is 0 Å². The molecule has 0 bridgehead atoms. The summed E-state index contributed by atoms with van der Waals surface area (Å²) in [5.41, 5.74) is 4.06. The number of fused-ring (bicyclic) bond motifs is 1. The zero-order valence-electron chi connectivity index (χ0n) is 26.2. The first-order chi connectivity index (χ1) is 22.3. The van der Waals surface area contributed by atoms with Crippen LogP contribution in [0.15, 0.2) is 71.7 Å². The van der Waals surface area contributed by atoms with E-state index < -0.39 is 11.5 Å². The average molecular weight is 622 g/mol. The van der Waals surface area contributed by atoms with Gasteiger partial charge in [-0.2, -0.15) is 0 Å². The number of nitrogens with one attached hydrogen (secondary N) is 3. The molecule has 0 saturated carbocycles. The first-order valence-corrected chi connectivity index (χ1v) is 15.8. The van der Waals surface area contributed by atoms with Gasteiger partial charge < -0.3 is 30.4 Å². The molecule has 3 heterocycles. The second kappa shape index (κ2) is 13.2. The third kappa shape index (κ3) is 6.12. The highest BCUT2D eigenvalue weighted by Crippen LogP contribution is 2.34. The van der Waals surface area contributed by atoms with Crippen LogP contribution < -0.4 is 10.6 Å². The average Bonchev–Trinajstić information content (AvgIpc) is 3.43. The Morgan fingerprint density at radius 1 is 0.935 bits per heavy atom. The molecule has 10 nitrogen and oxygen atoms in total. The van der Waals surface area contributed by atoms with Crippen molar-refractivity contribution in [2.45, 2.75) is 44.6 Å². The molecule has 46 heavy (non-hydrogen) atoms. The molecule has 10 heteroatoms. The number of amides is 2. The number of H-pyrrole nitrogens is 1. The van der Waals surface area contributed by atoms with E-state index in [0.717, 1.165) is 31.4 Å². The minimum absolute atomic E-state index is 0.0400. The summed E-state index contributed by atoms with van der Waals surface area (Å²) in [5, 5.41) is 18.4. The van der Waals surface area contributed by atoms with Crippen LogP contribution in [-0.2, 0) is 9.53 Å². The predicted molar refractivity (Wildman–Crippen MR) is 177 cm³/mol. The highest BCUT2D eigenvalue weighted by molar-refractivity contribution is 6.22. The molecule has 1 aromatic heterocycles. The fourth-order valence-corrected chi connectivity index (χ4v) is 6.46. The quantitative estimate of drug-likeness (QED) is 0.183. The second-order valence-corrected chi connectivity index (χ2v) is 12.0. The number of rotatable bonds is 5. The number of methoxy groups -OCH3 is 1. The topological polar surface area (TPSA) is 136 Å². The number of aromatic nitrogens is 1. The van der Waals surface area contributed by atoms with E-state index in [1.54, 1.807) is 30.3 Å². The molecule has 2 aliphatic heterocycles. The van der Waals surface area contributed by atoms with E-state index in [2.05, 4.69) is 15.6 Å². The Bertz CT molecular complexity index is 1790. The van der Waals surface area contributed by atoms with E-state index in [4.69, 9.17) is 9.73 Å². The number of aryl methyl sites for hydroxylation is 1. The first kappa shape index (κ1) is 31.0. The van der Waals surface area contributed by atoms with E-state index >= 15 is 0 Å². The van der Waals surface area contributed by atoms with Gasteiger partial charge in [-0.3, -0.25) is 9.59 Å². The van der Waals surface area contributed by atoms with Gasteiger partial charge in [0.1, 0.15) is 5.54 Å². The maximum absolute atomic E-state index is 13.5. The van der Waals surface area contributed by atoms with Crippen LogP contribution in [0, 0.1) is 6.92 Å². The summed E-state index contributed by atoms with van der Waals surface area (Å²) in [4.78, 5) is 48.5. The van der Waals surface area contributed by atoms with E-state index in [-0.39, 0.29) is 17.7 Å². The second-order valence-electron chi connectivity index (χ2n) is 12.0. The van der Waals surface area contributed by atoms with Crippen LogP contribution in [0.2, 0.25) is 0 Å². The first-order valence-electron chi connectivity index (χ1n) is 15.8. The van der Waals surface area contributed by atoms with Crippen molar-refractivity contribution in [3.63, 3.8) is 0 Å². The molecule has 1 spiro atoms. The van der Waals surface area contributed by atoms with Crippen LogP contribution in [0.25, 0.3) is 10.9 Å². The summed E-state index contributed by atoms with van der Waals surface area (Å²) in [6, 6.07) is 20.2. The van der Waals surface area contributed by atoms with E-state index in [1.165, 1.54) is 7.11 Å². The molecule has 2 fully saturated rings. The molecule has 4 N–H and O–H groups in total. The van der Waals surface area contributed by atoms with Gasteiger partial charge in [0.15, 0.2) is 5.88 Å². The normalized spacial score (nSPS) is 17.2. The monoisotopic (exact) mass is 621 g/mol. The van der Waals surface area contributed by atoms with Crippen molar-refractivity contribution in [3.8, 4) is 5.88 Å². The lowest BCUT2D eigenvalue weighted by atomic mass is 9.86. The number of piperidine rings is 1. The number of nitrogens with zero attached hydrogens (tertiary/aromatic N) is 2. The fraction of sp³-hybridized carbons (Fsp3) is 0.333. The molecule has 0 unspecified atom stereocenters. The van der Waals surface area contributed by atoms with E-state index in [0.29, 0.717) is 77.0 Å². The number of benzene rings is 3. The third-order valence-corrected chi connectivity index (χ3v) is 9.11. The summed E-state index contributed by atoms with van der Waals surface area (Å²) in [5.74, 6) is -0.568. The van der Waals surface area contributed by atoms with Gasteiger partial charge in [0, 0.05) is 41.7 Å². The molecule has 2 aliphatic rings. The summed E-state index contributed by atoms with van der Waals surface area (Å²) >= 11 is 0. The summed E-state index contributed by atoms with van der Waals surface area (Å²) in [6.45, 7) is 4.31. The van der Waals surface area contributed by atoms with Crippen LogP contribution in [-0.4, -0.2) is 77.3 Å². The molecule has 2 saturated heterocycles. The number of ether oxygens (including phenoxy) is 1. The van der Waals surface area contributed by atoms with Gasteiger partial charge in [-0.25, -0.2) is 9.79 Å². The standard InChI is InChI=1S/C36H39N5O5/c1-23-21-28-29(22-27(23)34(44)46-2)40-32(42)30(28)31(24-9-5-3-6-10-24)39-26-13-11-25(12-14-26)33(43)41-19-15-36(16-20-41)35(45)37-17-7-4-8-18-38-36/h3,5-6,9-14,21-22,38,40,42H,4,7-8,15-20H2,1-2H3,(H,37,45). The van der Waals surface area contributed by atoms with Gasteiger partial charge in [-0.15, -0.1) is 0 Å². The van der Waals surface area contributed by atoms with Crippen molar-refractivity contribution in [3.05, 3.63) is 94.5 Å². The van der Waals surface area contributed by atoms with Crippen molar-refractivity contribution >= 4 is 40.1 Å². The van der Waals surface area contributed by atoms with Crippen LogP contribution in [0.5, 0.6) is 5.88 Å². The van der Waals surface area contributed by atoms with Gasteiger partial charge in [0.25, 0.3) is 5.91 Å². The van der Waals surface area contributed by atoms with Crippen molar-refractivity contribution in [2.75, 3.05) is 33.3 Å². The van der Waals surface area contributed by atoms with E-state index in [1.807, 2.05) is 48.2 Å². The van der Waals surface area contributed by atoms with Gasteiger partial charge in [0.2, 0.25) is 5.91 Å². The Kier molecular flexibility index (Phi) is 8.90. The fourth-order valence-electron chi connectivity index (χ4n) is 6.46. The van der Waals surface area contributed by atoms with Crippen LogP contribution in [0.3, 0.4) is 0 Å². The van der Waals surface area contributed by atoms with Crippen molar-refractivity contribution < 1.29 is 24.2 Å². The van der Waals surface area contributed by atoms with Gasteiger partial charge >= 0.3 is 5.97 Å². The van der Waals surface area contributed by atoms with Crippen LogP contribution in [0.4, 0.5) is 5.69 Å². The van der Waals surface area contributed by atoms with Crippen molar-refractivity contribution in [1.82, 2.24) is 20.5 Å². The zero-order chi connectivity index (χ0) is 32.3. The molecule has 0 aliphatic carbocycles. The van der Waals surface area contributed by atoms with Crippen LogP contribution in [0.1, 0.15) is 69.5 Å². The lowest BCUT2D eigenvalue weighted by Gasteiger charge is -2.41. The molecule has 6 rings (SSSR count). The number of aliphatic imine (C=N–C) groups is 1. The third-order valence-electron chi connectivity index (χ3n) is 9.11. The maximum Gasteiger partial charge on any atom is 0.338 e. The number of likely N-dealkylation sites (tertiary alicyclic amines) is 1. The predicted octanol–water partition coefficient (Wildman–Crippen LogP) is 5.00. The molecular formula is C36H39N5O5. The summed E-state index contributed by atoms with van der Waals surface area (Å²) in [6.07, 6.45) is 4.25. The largest absolute Gasteiger partial charge is 0.494 e. The summed E-state index contributed by atoms with van der Waals surface area (Å²) < 4.78 is 4.92. The number of esters is 1. The Morgan fingerprint density at radius 2 is 1.65 bits per heavy atom. The zero-order valence-corrected chi connectivity index (χ0v) is 26.2. The molecule has 0 atom stereocenters. The highest BCUT2D eigenvalue weighted by Gasteiger charge is 2.42. The molecule has 2 amide bonds. The number of hydrogen-bond donors (Lipinski definition) is 4. The molecular weight excluding hydrogens is 582 g/mol. The van der Waals surface area contributed by atoms with Gasteiger partial charge in [0.05, 0.1) is 29.6 Å². The number of carbonyl (C=O) groups is 3. The Morgan fingerprint density at radius 3 is 2.37 bits per heavy atom. The molecule has 238 valence electrons. The minimum atomic E-state index is -0.624. The number of hydrogen-bond acceptors (Lipinski definition) is 7.